The van der Waals surface area contributed by atoms with Crippen molar-refractivity contribution in [2.24, 2.45) is 15.3 Å². The number of benzene rings is 3. The summed E-state index contributed by atoms with van der Waals surface area (Å²) in [7, 11) is -4.27. The van der Waals surface area contributed by atoms with E-state index in [0.29, 0.717) is 11.4 Å². The third-order valence-electron chi connectivity index (χ3n) is 5.02. The largest absolute Gasteiger partial charge is 1.00 e. The summed E-state index contributed by atoms with van der Waals surface area (Å²) in [5.41, 5.74) is 0.205. The monoisotopic (exact) mass is 515 g/mol. The Morgan fingerprint density at radius 3 is 2.44 bits per heavy atom. The molecule has 0 bridgehead atoms. The number of para-hydroxylation sites is 2. The molecule has 13 heteroatoms. The number of anilines is 2. The molecule has 1 unspecified atom stereocenters. The number of nitrogens with zero attached hydrogens (tertiary/aromatic N) is 4. The average Bonchev–Trinajstić information content (AvgIpc) is 3.12. The molecule has 0 saturated heterocycles. The fraction of sp³-hybridized carbons (Fsp3) is 0.0870. The van der Waals surface area contributed by atoms with Gasteiger partial charge in [-0.05, 0) is 43.3 Å². The minimum Gasteiger partial charge on any atom is -0.871 e. The van der Waals surface area contributed by atoms with Gasteiger partial charge in [-0.3, -0.25) is 9.52 Å². The van der Waals surface area contributed by atoms with Crippen molar-refractivity contribution in [1.82, 2.24) is 0 Å². The first-order valence-corrected chi connectivity index (χ1v) is 11.7. The molecule has 11 nitrogen and oxygen atoms in total. The number of hydrazone groups is 1. The number of carboxylic acid groups (broad SMARTS) is 1. The summed E-state index contributed by atoms with van der Waals surface area (Å²) in [6.45, 7) is 1.59. The van der Waals surface area contributed by atoms with E-state index in [9.17, 15) is 28.2 Å². The van der Waals surface area contributed by atoms with Gasteiger partial charge in [0.2, 0.25) is 0 Å². The normalized spacial score (nSPS) is 15.5. The summed E-state index contributed by atoms with van der Waals surface area (Å²) in [4.78, 5) is 23.8. The summed E-state index contributed by atoms with van der Waals surface area (Å²) in [5, 5.41) is 34.7. The molecule has 0 fully saturated rings. The quantitative estimate of drug-likeness (QED) is 0.336. The van der Waals surface area contributed by atoms with Crippen LogP contribution in [0.1, 0.15) is 17.3 Å². The van der Waals surface area contributed by atoms with Crippen molar-refractivity contribution in [2.75, 3.05) is 9.73 Å². The number of aromatic carboxylic acids is 1. The van der Waals surface area contributed by atoms with E-state index in [1.807, 2.05) is 0 Å². The van der Waals surface area contributed by atoms with Gasteiger partial charge in [0, 0.05) is 0 Å². The van der Waals surface area contributed by atoms with E-state index in [-0.39, 0.29) is 51.4 Å². The van der Waals surface area contributed by atoms with Gasteiger partial charge in [0.15, 0.2) is 6.04 Å². The Morgan fingerprint density at radius 1 is 1.08 bits per heavy atom. The molecular formula is C23H18N5NaO6S. The van der Waals surface area contributed by atoms with Crippen LogP contribution in [0.5, 0.6) is 5.75 Å². The Balaban J connectivity index is 0.00000361. The van der Waals surface area contributed by atoms with Gasteiger partial charge in [-0.2, -0.15) is 20.3 Å². The van der Waals surface area contributed by atoms with Gasteiger partial charge in [0.05, 0.1) is 33.2 Å². The van der Waals surface area contributed by atoms with Crippen LogP contribution in [-0.2, 0) is 14.8 Å². The molecule has 1 aliphatic rings. The van der Waals surface area contributed by atoms with Gasteiger partial charge >= 0.3 is 35.5 Å². The van der Waals surface area contributed by atoms with E-state index in [1.54, 1.807) is 37.3 Å². The fourth-order valence-electron chi connectivity index (χ4n) is 3.27. The number of azo groups is 1. The molecule has 0 saturated carbocycles. The minimum absolute atomic E-state index is 0. The smallest absolute Gasteiger partial charge is 0.871 e. The fourth-order valence-corrected chi connectivity index (χ4v) is 4.37. The molecule has 4 rings (SSSR count). The zero-order valence-corrected chi connectivity index (χ0v) is 22.0. The number of rotatable bonds is 7. The maximum absolute atomic E-state index is 12.8. The van der Waals surface area contributed by atoms with Gasteiger partial charge in [-0.1, -0.05) is 42.1 Å². The van der Waals surface area contributed by atoms with Crippen molar-refractivity contribution in [3.8, 4) is 5.75 Å². The molecule has 1 heterocycles. The van der Waals surface area contributed by atoms with E-state index >= 15 is 0 Å². The maximum Gasteiger partial charge on any atom is 1.00 e. The molecule has 36 heavy (non-hydrogen) atoms. The first-order chi connectivity index (χ1) is 16.7. The second-order valence-corrected chi connectivity index (χ2v) is 9.11. The SMILES string of the molecule is CC1=NN(c2ccccc2)C(=O)C1N=Nc1cc(S(=O)(=O)Nc2ccccc2C(=O)O)ccc1[O-].[Na+]. The Kier molecular flexibility index (Phi) is 8.25. The second-order valence-electron chi connectivity index (χ2n) is 7.43. The van der Waals surface area contributed by atoms with Crippen molar-refractivity contribution < 1.29 is 57.8 Å². The number of carbonyl (C=O) groups excluding carboxylic acids is 1. The molecule has 0 aliphatic carbocycles. The van der Waals surface area contributed by atoms with Crippen molar-refractivity contribution in [3.63, 3.8) is 0 Å². The van der Waals surface area contributed by atoms with E-state index in [4.69, 9.17) is 0 Å². The van der Waals surface area contributed by atoms with Crippen LogP contribution < -0.4 is 44.4 Å². The molecule has 3 aromatic carbocycles. The number of carbonyl (C=O) groups is 2. The number of sulfonamides is 1. The third kappa shape index (κ3) is 5.62. The number of nitrogens with one attached hydrogen (secondary N) is 1. The van der Waals surface area contributed by atoms with Crippen LogP contribution in [0.15, 0.2) is 93.0 Å². The number of hydrogen-bond acceptors (Lipinski definition) is 8. The van der Waals surface area contributed by atoms with Crippen LogP contribution in [0.4, 0.5) is 17.1 Å². The van der Waals surface area contributed by atoms with Crippen molar-refractivity contribution in [1.29, 1.82) is 0 Å². The molecule has 1 amide bonds. The molecule has 2 N–H and O–H groups in total. The summed E-state index contributed by atoms with van der Waals surface area (Å²) in [5.74, 6) is -2.39. The summed E-state index contributed by atoms with van der Waals surface area (Å²) in [6.07, 6.45) is 0. The molecule has 0 radical (unpaired) electrons. The van der Waals surface area contributed by atoms with E-state index in [0.717, 1.165) is 18.2 Å². The van der Waals surface area contributed by atoms with Crippen LogP contribution in [0.3, 0.4) is 0 Å². The summed E-state index contributed by atoms with van der Waals surface area (Å²) >= 11 is 0. The van der Waals surface area contributed by atoms with E-state index < -0.39 is 33.7 Å². The van der Waals surface area contributed by atoms with Gasteiger partial charge in [0.1, 0.15) is 0 Å². The van der Waals surface area contributed by atoms with E-state index in [1.165, 1.54) is 29.3 Å². The Labute approximate surface area is 228 Å². The predicted octanol–water partition coefficient (Wildman–Crippen LogP) is 0.138. The molecule has 178 valence electrons. The van der Waals surface area contributed by atoms with Crippen molar-refractivity contribution in [3.05, 3.63) is 78.4 Å². The molecule has 1 aliphatic heterocycles. The molecule has 0 aromatic heterocycles. The van der Waals surface area contributed by atoms with Gasteiger partial charge in [0.25, 0.3) is 15.9 Å². The second kappa shape index (κ2) is 11.0. The van der Waals surface area contributed by atoms with Crippen molar-refractivity contribution >= 4 is 44.7 Å². The van der Waals surface area contributed by atoms with Crippen LogP contribution in [0, 0.1) is 0 Å². The molecule has 1 atom stereocenters. The molecule has 0 spiro atoms. The number of hydrogen-bond donors (Lipinski definition) is 2. The topological polar surface area (TPSA) is 164 Å². The Morgan fingerprint density at radius 2 is 1.75 bits per heavy atom. The Hall–Kier alpha value is -3.58. The maximum atomic E-state index is 12.8. The molecule has 3 aromatic rings. The standard InChI is InChI=1S/C23H19N5O6S.Na/c1-14-21(22(30)28(26-14)15-7-3-2-4-8-15)25-24-19-13-16(11-12-20(19)29)35(33,34)27-18-10-6-5-9-17(18)23(31)32;/h2-13,21,27,29H,1H3,(H,31,32);/q;+1/p-1. The first kappa shape index (κ1) is 27.0. The van der Waals surface area contributed by atoms with Crippen molar-refractivity contribution in [2.45, 2.75) is 17.9 Å². The average molecular weight is 515 g/mol. The van der Waals surface area contributed by atoms with Gasteiger partial charge in [-0.15, -0.1) is 0 Å². The van der Waals surface area contributed by atoms with Crippen LogP contribution in [0.25, 0.3) is 0 Å². The summed E-state index contributed by atoms with van der Waals surface area (Å²) < 4.78 is 27.9. The van der Waals surface area contributed by atoms with Crippen LogP contribution in [-0.4, -0.2) is 37.2 Å². The number of carboxylic acids is 1. The summed E-state index contributed by atoms with van der Waals surface area (Å²) in [6, 6.07) is 16.2. The minimum atomic E-state index is -4.27. The van der Waals surface area contributed by atoms with Crippen LogP contribution in [0.2, 0.25) is 0 Å². The Bertz CT molecular complexity index is 1480. The first-order valence-electron chi connectivity index (χ1n) is 10.2. The van der Waals surface area contributed by atoms with Gasteiger partial charge < -0.3 is 10.2 Å². The zero-order chi connectivity index (χ0) is 25.2. The van der Waals surface area contributed by atoms with E-state index in [2.05, 4.69) is 20.1 Å². The molecular weight excluding hydrogens is 497 g/mol. The zero-order valence-electron chi connectivity index (χ0n) is 19.2. The van der Waals surface area contributed by atoms with Gasteiger partial charge in [-0.25, -0.2) is 13.2 Å². The third-order valence-corrected chi connectivity index (χ3v) is 6.38. The predicted molar refractivity (Wildman–Crippen MR) is 125 cm³/mol. The number of amides is 1. The van der Waals surface area contributed by atoms with Crippen LogP contribution >= 0.6 is 0 Å².